The van der Waals surface area contributed by atoms with Crippen LogP contribution in [-0.2, 0) is 9.57 Å². The number of nitrogens with one attached hydrogen (secondary N) is 1. The molecule has 1 aromatic heterocycles. The third kappa shape index (κ3) is 2.53. The SMILES string of the molecule is CC[C@H]1C[C@@H](CON)O[C@H]1n1ccc(=O)[nH]c1=O. The van der Waals surface area contributed by atoms with Gasteiger partial charge in [0.2, 0.25) is 0 Å². The van der Waals surface area contributed by atoms with Crippen molar-refractivity contribution in [1.82, 2.24) is 9.55 Å². The molecule has 0 saturated carbocycles. The number of rotatable bonds is 4. The number of H-pyrrole nitrogens is 1. The van der Waals surface area contributed by atoms with Crippen LogP contribution in [0.1, 0.15) is 26.0 Å². The molecule has 0 aromatic carbocycles. The summed E-state index contributed by atoms with van der Waals surface area (Å²) in [4.78, 5) is 29.6. The van der Waals surface area contributed by atoms with Crippen LogP contribution in [0.2, 0.25) is 0 Å². The molecule has 2 heterocycles. The highest BCUT2D eigenvalue weighted by molar-refractivity contribution is 4.88. The summed E-state index contributed by atoms with van der Waals surface area (Å²) in [5.41, 5.74) is -0.871. The molecule has 3 atom stereocenters. The Labute approximate surface area is 103 Å². The van der Waals surface area contributed by atoms with Gasteiger partial charge in [-0.3, -0.25) is 14.3 Å². The van der Waals surface area contributed by atoms with E-state index < -0.39 is 11.2 Å². The van der Waals surface area contributed by atoms with E-state index in [1.54, 1.807) is 0 Å². The molecule has 100 valence electrons. The van der Waals surface area contributed by atoms with Crippen LogP contribution in [0.5, 0.6) is 0 Å². The van der Waals surface area contributed by atoms with Gasteiger partial charge >= 0.3 is 5.69 Å². The van der Waals surface area contributed by atoms with Crippen molar-refractivity contribution in [3.05, 3.63) is 33.1 Å². The van der Waals surface area contributed by atoms with Crippen LogP contribution in [-0.4, -0.2) is 22.3 Å². The van der Waals surface area contributed by atoms with E-state index in [1.807, 2.05) is 6.92 Å². The molecule has 1 aromatic rings. The number of nitrogens with two attached hydrogens (primary N) is 1. The van der Waals surface area contributed by atoms with Gasteiger partial charge in [0, 0.05) is 18.2 Å². The van der Waals surface area contributed by atoms with E-state index in [2.05, 4.69) is 9.82 Å². The molecule has 1 fully saturated rings. The summed E-state index contributed by atoms with van der Waals surface area (Å²) < 4.78 is 7.16. The predicted octanol–water partition coefficient (Wildman–Crippen LogP) is -0.259. The molecule has 2 rings (SSSR count). The normalized spacial score (nSPS) is 27.6. The van der Waals surface area contributed by atoms with Crippen molar-refractivity contribution in [2.45, 2.75) is 32.1 Å². The van der Waals surface area contributed by atoms with Gasteiger partial charge in [0.25, 0.3) is 5.56 Å². The minimum absolute atomic E-state index is 0.122. The van der Waals surface area contributed by atoms with Crippen LogP contribution in [0.3, 0.4) is 0 Å². The van der Waals surface area contributed by atoms with E-state index >= 15 is 0 Å². The number of ether oxygens (including phenoxy) is 1. The lowest BCUT2D eigenvalue weighted by atomic mass is 10.0. The van der Waals surface area contributed by atoms with Gasteiger partial charge in [-0.05, 0) is 12.8 Å². The number of aromatic nitrogens is 2. The average molecular weight is 255 g/mol. The van der Waals surface area contributed by atoms with Gasteiger partial charge in [0.15, 0.2) is 0 Å². The molecule has 1 saturated heterocycles. The van der Waals surface area contributed by atoms with Crippen molar-refractivity contribution in [3.8, 4) is 0 Å². The molecule has 1 aliphatic heterocycles. The van der Waals surface area contributed by atoms with E-state index in [0.29, 0.717) is 6.61 Å². The van der Waals surface area contributed by atoms with E-state index in [-0.39, 0.29) is 18.2 Å². The van der Waals surface area contributed by atoms with Crippen LogP contribution in [0.25, 0.3) is 0 Å². The average Bonchev–Trinajstić information content (AvgIpc) is 2.72. The lowest BCUT2D eigenvalue weighted by molar-refractivity contribution is -0.0515. The van der Waals surface area contributed by atoms with Crippen LogP contribution in [0.15, 0.2) is 21.9 Å². The van der Waals surface area contributed by atoms with Gasteiger partial charge in [0.05, 0.1) is 12.7 Å². The Balaban J connectivity index is 2.25. The third-order valence-corrected chi connectivity index (χ3v) is 3.23. The van der Waals surface area contributed by atoms with Crippen molar-refractivity contribution in [3.63, 3.8) is 0 Å². The van der Waals surface area contributed by atoms with Gasteiger partial charge in [-0.2, -0.15) is 0 Å². The Morgan fingerprint density at radius 3 is 3.00 bits per heavy atom. The molecule has 3 N–H and O–H groups in total. The summed E-state index contributed by atoms with van der Waals surface area (Å²) >= 11 is 0. The van der Waals surface area contributed by atoms with E-state index in [1.165, 1.54) is 16.8 Å². The standard InChI is InChI=1S/C11H17N3O4/c1-2-7-5-8(6-17-12)18-10(7)14-4-3-9(15)13-11(14)16/h3-4,7-8,10H,2,5-6,12H2,1H3,(H,13,15,16)/t7-,8-,10+/m0/s1. The summed E-state index contributed by atoms with van der Waals surface area (Å²) in [6, 6.07) is 1.31. The van der Waals surface area contributed by atoms with Crippen molar-refractivity contribution in [2.75, 3.05) is 6.61 Å². The van der Waals surface area contributed by atoms with Crippen molar-refractivity contribution >= 4 is 0 Å². The summed E-state index contributed by atoms with van der Waals surface area (Å²) in [6.07, 6.45) is 2.62. The maximum Gasteiger partial charge on any atom is 0.330 e. The summed E-state index contributed by atoms with van der Waals surface area (Å²) in [6.45, 7) is 2.33. The van der Waals surface area contributed by atoms with Gasteiger partial charge in [-0.25, -0.2) is 10.7 Å². The lowest BCUT2D eigenvalue weighted by Gasteiger charge is -2.19. The Kier molecular flexibility index (Phi) is 3.95. The quantitative estimate of drug-likeness (QED) is 0.722. The molecule has 0 unspecified atom stereocenters. The number of hydrogen-bond donors (Lipinski definition) is 2. The second kappa shape index (κ2) is 5.47. The van der Waals surface area contributed by atoms with Gasteiger partial charge in [-0.1, -0.05) is 6.92 Å². The minimum atomic E-state index is -0.458. The fraction of sp³-hybridized carbons (Fsp3) is 0.636. The molecule has 7 heteroatoms. The zero-order valence-electron chi connectivity index (χ0n) is 10.2. The zero-order valence-corrected chi connectivity index (χ0v) is 10.2. The highest BCUT2D eigenvalue weighted by atomic mass is 16.6. The first kappa shape index (κ1) is 13.0. The second-order valence-corrected chi connectivity index (χ2v) is 4.40. The molecule has 0 aliphatic carbocycles. The van der Waals surface area contributed by atoms with Crippen molar-refractivity contribution < 1.29 is 9.57 Å². The molecule has 0 spiro atoms. The summed E-state index contributed by atoms with van der Waals surface area (Å²) in [7, 11) is 0. The first-order chi connectivity index (χ1) is 8.65. The Morgan fingerprint density at radius 2 is 2.39 bits per heavy atom. The maximum atomic E-state index is 11.7. The predicted molar refractivity (Wildman–Crippen MR) is 63.8 cm³/mol. The van der Waals surface area contributed by atoms with Crippen LogP contribution >= 0.6 is 0 Å². The largest absolute Gasteiger partial charge is 0.352 e. The Bertz CT molecular complexity index is 510. The molecule has 1 aliphatic rings. The van der Waals surface area contributed by atoms with Gasteiger partial charge in [0.1, 0.15) is 6.23 Å². The van der Waals surface area contributed by atoms with Crippen LogP contribution in [0.4, 0.5) is 0 Å². The van der Waals surface area contributed by atoms with Crippen LogP contribution in [0, 0.1) is 5.92 Å². The second-order valence-electron chi connectivity index (χ2n) is 4.40. The molecular formula is C11H17N3O4. The fourth-order valence-corrected chi connectivity index (χ4v) is 2.32. The third-order valence-electron chi connectivity index (χ3n) is 3.23. The topological polar surface area (TPSA) is 99.3 Å². The maximum absolute atomic E-state index is 11.7. The van der Waals surface area contributed by atoms with Crippen molar-refractivity contribution in [1.29, 1.82) is 0 Å². The van der Waals surface area contributed by atoms with E-state index in [9.17, 15) is 9.59 Å². The Hall–Kier alpha value is -1.44. The fourth-order valence-electron chi connectivity index (χ4n) is 2.32. The lowest BCUT2D eigenvalue weighted by Crippen LogP contribution is -2.33. The van der Waals surface area contributed by atoms with Gasteiger partial charge < -0.3 is 9.57 Å². The number of aromatic amines is 1. The monoisotopic (exact) mass is 255 g/mol. The molecule has 0 amide bonds. The van der Waals surface area contributed by atoms with E-state index in [4.69, 9.17) is 10.6 Å². The number of nitrogens with zero attached hydrogens (tertiary/aromatic N) is 1. The van der Waals surface area contributed by atoms with E-state index in [0.717, 1.165) is 12.8 Å². The van der Waals surface area contributed by atoms with Crippen molar-refractivity contribution in [2.24, 2.45) is 11.8 Å². The Morgan fingerprint density at radius 1 is 1.61 bits per heavy atom. The summed E-state index contributed by atoms with van der Waals surface area (Å²) in [5, 5.41) is 0. The first-order valence-electron chi connectivity index (χ1n) is 5.94. The highest BCUT2D eigenvalue weighted by Crippen LogP contribution is 2.35. The molecular weight excluding hydrogens is 238 g/mol. The number of hydrogen-bond acceptors (Lipinski definition) is 5. The highest BCUT2D eigenvalue weighted by Gasteiger charge is 2.35. The van der Waals surface area contributed by atoms with Crippen LogP contribution < -0.4 is 17.1 Å². The molecule has 7 nitrogen and oxygen atoms in total. The molecule has 0 bridgehead atoms. The summed E-state index contributed by atoms with van der Waals surface area (Å²) in [5.74, 6) is 5.24. The smallest absolute Gasteiger partial charge is 0.330 e. The first-order valence-corrected chi connectivity index (χ1v) is 5.94. The van der Waals surface area contributed by atoms with Gasteiger partial charge in [-0.15, -0.1) is 0 Å². The zero-order chi connectivity index (χ0) is 13.1. The molecule has 18 heavy (non-hydrogen) atoms. The molecule has 0 radical (unpaired) electrons. The minimum Gasteiger partial charge on any atom is -0.352 e.